The fourth-order valence-electron chi connectivity index (χ4n) is 1.57. The van der Waals surface area contributed by atoms with Gasteiger partial charge < -0.3 is 9.74 Å². The third kappa shape index (κ3) is 5.89. The van der Waals surface area contributed by atoms with Gasteiger partial charge in [-0.05, 0) is 53.5 Å². The van der Waals surface area contributed by atoms with E-state index in [9.17, 15) is 0 Å². The molecule has 0 saturated heterocycles. The Kier molecular flexibility index (Phi) is 6.71. The second-order valence-electron chi connectivity index (χ2n) is 6.93. The van der Waals surface area contributed by atoms with Gasteiger partial charge in [-0.2, -0.15) is 0 Å². The lowest BCUT2D eigenvalue weighted by Gasteiger charge is -2.36. The highest BCUT2D eigenvalue weighted by Gasteiger charge is 2.36. The third-order valence-electron chi connectivity index (χ3n) is 4.04. The Bertz CT molecular complexity index is 477. The number of anilines is 1. The molecule has 0 unspecified atom stereocenters. The van der Waals surface area contributed by atoms with Gasteiger partial charge in [0.1, 0.15) is 5.15 Å². The highest BCUT2D eigenvalue weighted by Crippen LogP contribution is 2.36. The topological polar surface area (TPSA) is 34.1 Å². The summed E-state index contributed by atoms with van der Waals surface area (Å²) < 4.78 is 7.13. The first-order valence-electron chi connectivity index (χ1n) is 7.24. The summed E-state index contributed by atoms with van der Waals surface area (Å²) in [5, 5.41) is 4.19. The second kappa shape index (κ2) is 7.44. The van der Waals surface area contributed by atoms with Crippen LogP contribution in [-0.2, 0) is 4.43 Å². The number of aromatic nitrogens is 1. The normalized spacial score (nSPS) is 14.1. The first kappa shape index (κ1) is 18.9. The van der Waals surface area contributed by atoms with Crippen molar-refractivity contribution in [3.63, 3.8) is 0 Å². The number of hydrogen-bond acceptors (Lipinski definition) is 3. The summed E-state index contributed by atoms with van der Waals surface area (Å²) in [6, 6.07) is 2.14. The van der Waals surface area contributed by atoms with Gasteiger partial charge >= 0.3 is 0 Å². The standard InChI is InChI=1S/C15H26BrClN2OSi/c1-11(7-8-20-21(5,6)15(2,3)4)19-13-9-14(17)18-10-12(13)16/h9-11H,7-8H2,1-6H3,(H,18,19)/t11-/m0/s1. The van der Waals surface area contributed by atoms with Crippen LogP contribution >= 0.6 is 27.5 Å². The smallest absolute Gasteiger partial charge is 0.191 e. The van der Waals surface area contributed by atoms with Crippen molar-refractivity contribution in [1.82, 2.24) is 4.98 Å². The van der Waals surface area contributed by atoms with Crippen LogP contribution in [0.3, 0.4) is 0 Å². The Morgan fingerprint density at radius 3 is 2.62 bits per heavy atom. The zero-order chi connectivity index (χ0) is 16.3. The molecule has 120 valence electrons. The number of hydrogen-bond donors (Lipinski definition) is 1. The van der Waals surface area contributed by atoms with Gasteiger partial charge in [0.05, 0.1) is 10.2 Å². The van der Waals surface area contributed by atoms with Crippen LogP contribution in [0.4, 0.5) is 5.69 Å². The van der Waals surface area contributed by atoms with Gasteiger partial charge in [0, 0.05) is 18.8 Å². The Labute approximate surface area is 143 Å². The predicted octanol–water partition coefficient (Wildman–Crippen LogP) is 5.71. The molecule has 1 aromatic heterocycles. The minimum atomic E-state index is -1.65. The van der Waals surface area contributed by atoms with Crippen molar-refractivity contribution >= 4 is 41.5 Å². The van der Waals surface area contributed by atoms with Crippen molar-refractivity contribution in [3.05, 3.63) is 21.9 Å². The van der Waals surface area contributed by atoms with E-state index in [1.807, 2.05) is 6.07 Å². The van der Waals surface area contributed by atoms with Crippen molar-refractivity contribution in [2.45, 2.75) is 58.3 Å². The fourth-order valence-corrected chi connectivity index (χ4v) is 3.12. The predicted molar refractivity (Wildman–Crippen MR) is 97.8 cm³/mol. The van der Waals surface area contributed by atoms with E-state index in [-0.39, 0.29) is 5.04 Å². The van der Waals surface area contributed by atoms with E-state index in [4.69, 9.17) is 16.0 Å². The molecule has 1 N–H and O–H groups in total. The number of rotatable bonds is 6. The molecule has 0 aliphatic carbocycles. The maximum Gasteiger partial charge on any atom is 0.191 e. The van der Waals surface area contributed by atoms with E-state index in [1.165, 1.54) is 0 Å². The highest BCUT2D eigenvalue weighted by atomic mass is 79.9. The largest absolute Gasteiger partial charge is 0.417 e. The van der Waals surface area contributed by atoms with E-state index >= 15 is 0 Å². The van der Waals surface area contributed by atoms with Crippen molar-refractivity contribution in [1.29, 1.82) is 0 Å². The lowest BCUT2D eigenvalue weighted by atomic mass is 10.2. The van der Waals surface area contributed by atoms with Crippen molar-refractivity contribution < 1.29 is 4.43 Å². The van der Waals surface area contributed by atoms with E-state index < -0.39 is 8.32 Å². The molecule has 21 heavy (non-hydrogen) atoms. The molecular formula is C15H26BrClN2OSi. The summed E-state index contributed by atoms with van der Waals surface area (Å²) in [6.07, 6.45) is 2.67. The zero-order valence-corrected chi connectivity index (χ0v) is 17.1. The van der Waals surface area contributed by atoms with Gasteiger partial charge in [0.15, 0.2) is 8.32 Å². The molecule has 1 atom stereocenters. The number of halogens is 2. The minimum absolute atomic E-state index is 0.255. The van der Waals surface area contributed by atoms with Crippen molar-refractivity contribution in [2.75, 3.05) is 11.9 Å². The molecule has 0 amide bonds. The summed E-state index contributed by atoms with van der Waals surface area (Å²) in [5.74, 6) is 0. The van der Waals surface area contributed by atoms with Crippen LogP contribution in [0.1, 0.15) is 34.1 Å². The van der Waals surface area contributed by atoms with Crippen LogP contribution in [-0.4, -0.2) is 26.0 Å². The average Bonchev–Trinajstić information content (AvgIpc) is 2.32. The van der Waals surface area contributed by atoms with Crippen LogP contribution in [0.2, 0.25) is 23.3 Å². The summed E-state index contributed by atoms with van der Waals surface area (Å²) in [4.78, 5) is 4.03. The molecule has 1 rings (SSSR count). The lowest BCUT2D eigenvalue weighted by Crippen LogP contribution is -2.41. The maximum absolute atomic E-state index is 6.20. The molecular weight excluding hydrogens is 368 g/mol. The summed E-state index contributed by atoms with van der Waals surface area (Å²) >= 11 is 9.40. The summed E-state index contributed by atoms with van der Waals surface area (Å²) in [6.45, 7) is 14.3. The van der Waals surface area contributed by atoms with Gasteiger partial charge in [0.25, 0.3) is 0 Å². The SMILES string of the molecule is C[C@@H](CCO[Si](C)(C)C(C)(C)C)Nc1cc(Cl)ncc1Br. The molecule has 0 saturated carbocycles. The molecule has 0 spiro atoms. The second-order valence-corrected chi connectivity index (χ2v) is 13.0. The Morgan fingerprint density at radius 2 is 2.05 bits per heavy atom. The first-order valence-corrected chi connectivity index (χ1v) is 11.3. The monoisotopic (exact) mass is 392 g/mol. The van der Waals surface area contributed by atoms with Crippen LogP contribution in [0, 0.1) is 0 Å². The number of pyridine rings is 1. The Morgan fingerprint density at radius 1 is 1.43 bits per heavy atom. The Balaban J connectivity index is 2.48. The summed E-state index contributed by atoms with van der Waals surface area (Å²) in [7, 11) is -1.65. The molecule has 0 aliphatic heterocycles. The van der Waals surface area contributed by atoms with E-state index in [0.717, 1.165) is 23.2 Å². The molecule has 6 heteroatoms. The number of nitrogens with zero attached hydrogens (tertiary/aromatic N) is 1. The van der Waals surface area contributed by atoms with Gasteiger partial charge in [-0.3, -0.25) is 0 Å². The minimum Gasteiger partial charge on any atom is -0.417 e. The van der Waals surface area contributed by atoms with Crippen LogP contribution in [0.5, 0.6) is 0 Å². The molecule has 0 radical (unpaired) electrons. The number of nitrogens with one attached hydrogen (secondary N) is 1. The average molecular weight is 394 g/mol. The first-order chi connectivity index (χ1) is 9.53. The van der Waals surface area contributed by atoms with Crippen LogP contribution < -0.4 is 5.32 Å². The zero-order valence-electron chi connectivity index (χ0n) is 13.8. The molecule has 1 heterocycles. The van der Waals surface area contributed by atoms with Crippen molar-refractivity contribution in [3.8, 4) is 0 Å². The van der Waals surface area contributed by atoms with Crippen LogP contribution in [0.15, 0.2) is 16.7 Å². The van der Waals surface area contributed by atoms with Crippen molar-refractivity contribution in [2.24, 2.45) is 0 Å². The molecule has 3 nitrogen and oxygen atoms in total. The quantitative estimate of drug-likeness (QED) is 0.496. The van der Waals surface area contributed by atoms with Crippen LogP contribution in [0.25, 0.3) is 0 Å². The fraction of sp³-hybridized carbons (Fsp3) is 0.667. The Hall–Kier alpha value is -0.103. The molecule has 0 bridgehead atoms. The molecule has 0 aliphatic rings. The molecule has 0 fully saturated rings. The van der Waals surface area contributed by atoms with E-state index in [2.05, 4.69) is 67.0 Å². The molecule has 0 aromatic carbocycles. The van der Waals surface area contributed by atoms with Gasteiger partial charge in [0.2, 0.25) is 0 Å². The van der Waals surface area contributed by atoms with Gasteiger partial charge in [-0.1, -0.05) is 32.4 Å². The molecule has 1 aromatic rings. The van der Waals surface area contributed by atoms with Gasteiger partial charge in [-0.15, -0.1) is 0 Å². The highest BCUT2D eigenvalue weighted by molar-refractivity contribution is 9.10. The lowest BCUT2D eigenvalue weighted by molar-refractivity contribution is 0.277. The summed E-state index contributed by atoms with van der Waals surface area (Å²) in [5.41, 5.74) is 0.967. The third-order valence-corrected chi connectivity index (χ3v) is 9.42. The maximum atomic E-state index is 6.20. The van der Waals surface area contributed by atoms with E-state index in [1.54, 1.807) is 6.20 Å². The van der Waals surface area contributed by atoms with Gasteiger partial charge in [-0.25, -0.2) is 4.98 Å². The van der Waals surface area contributed by atoms with E-state index in [0.29, 0.717) is 11.2 Å².